The lowest BCUT2D eigenvalue weighted by Gasteiger charge is -2.16. The normalized spacial score (nSPS) is 11.9. The first-order valence-electron chi connectivity index (χ1n) is 5.84. The van der Waals surface area contributed by atoms with E-state index < -0.39 is 17.9 Å². The molecule has 0 aromatic carbocycles. The molecule has 2 aromatic rings. The molecule has 2 aromatic heterocycles. The number of hydrogen-bond acceptors (Lipinski definition) is 4. The molecular formula is C13H10BrClN2O3S. The van der Waals surface area contributed by atoms with Crippen molar-refractivity contribution in [3.8, 4) is 0 Å². The molecular weight excluding hydrogens is 380 g/mol. The maximum absolute atomic E-state index is 12.3. The number of aliphatic carboxylic acids is 1. The van der Waals surface area contributed by atoms with Crippen molar-refractivity contribution in [1.82, 2.24) is 10.3 Å². The van der Waals surface area contributed by atoms with Crippen LogP contribution in [0.4, 0.5) is 0 Å². The van der Waals surface area contributed by atoms with Crippen LogP contribution in [0.1, 0.15) is 27.7 Å². The van der Waals surface area contributed by atoms with Crippen molar-refractivity contribution in [3.05, 3.63) is 49.8 Å². The largest absolute Gasteiger partial charge is 0.481 e. The first-order chi connectivity index (χ1) is 9.97. The number of nitrogens with one attached hydrogen (secondary N) is 1. The van der Waals surface area contributed by atoms with Crippen LogP contribution in [0.3, 0.4) is 0 Å². The van der Waals surface area contributed by atoms with Crippen molar-refractivity contribution in [1.29, 1.82) is 0 Å². The predicted molar refractivity (Wildman–Crippen MR) is 83.7 cm³/mol. The molecule has 0 spiro atoms. The third-order valence-corrected chi connectivity index (χ3v) is 4.34. The third kappa shape index (κ3) is 4.26. The third-order valence-electron chi connectivity index (χ3n) is 2.62. The van der Waals surface area contributed by atoms with Crippen molar-refractivity contribution in [2.24, 2.45) is 0 Å². The number of carbonyl (C=O) groups is 2. The van der Waals surface area contributed by atoms with Crippen LogP contribution in [0.15, 0.2) is 34.2 Å². The fraction of sp³-hybridized carbons (Fsp3) is 0.154. The summed E-state index contributed by atoms with van der Waals surface area (Å²) in [5.41, 5.74) is 0.193. The molecule has 0 saturated carbocycles. The Labute approximate surface area is 138 Å². The van der Waals surface area contributed by atoms with Gasteiger partial charge in [0.05, 0.1) is 18.0 Å². The summed E-state index contributed by atoms with van der Waals surface area (Å²) in [5.74, 6) is -1.46. The second-order valence-corrected chi connectivity index (χ2v) is 6.38. The highest BCUT2D eigenvalue weighted by Gasteiger charge is 2.21. The van der Waals surface area contributed by atoms with E-state index in [1.807, 2.05) is 5.38 Å². The van der Waals surface area contributed by atoms with Gasteiger partial charge in [0, 0.05) is 15.5 Å². The second kappa shape index (κ2) is 7.02. The highest BCUT2D eigenvalue weighted by molar-refractivity contribution is 9.10. The van der Waals surface area contributed by atoms with Crippen LogP contribution >= 0.6 is 38.9 Å². The number of halogens is 2. The van der Waals surface area contributed by atoms with Gasteiger partial charge < -0.3 is 10.4 Å². The van der Waals surface area contributed by atoms with Gasteiger partial charge in [-0.15, -0.1) is 11.3 Å². The molecule has 21 heavy (non-hydrogen) atoms. The number of amides is 1. The van der Waals surface area contributed by atoms with Gasteiger partial charge in [0.2, 0.25) is 0 Å². The molecule has 8 heteroatoms. The monoisotopic (exact) mass is 388 g/mol. The Morgan fingerprint density at radius 2 is 2.29 bits per heavy atom. The van der Waals surface area contributed by atoms with Crippen LogP contribution in [0.25, 0.3) is 0 Å². The summed E-state index contributed by atoms with van der Waals surface area (Å²) in [5, 5.41) is 13.5. The van der Waals surface area contributed by atoms with E-state index in [-0.39, 0.29) is 17.1 Å². The van der Waals surface area contributed by atoms with Crippen LogP contribution in [-0.4, -0.2) is 22.0 Å². The molecule has 0 saturated heterocycles. The molecule has 2 heterocycles. The highest BCUT2D eigenvalue weighted by Crippen LogP contribution is 2.24. The first kappa shape index (κ1) is 15.9. The zero-order valence-electron chi connectivity index (χ0n) is 10.5. The fourth-order valence-corrected chi connectivity index (χ4v) is 3.00. The van der Waals surface area contributed by atoms with Crippen LogP contribution in [-0.2, 0) is 4.79 Å². The molecule has 1 amide bonds. The van der Waals surface area contributed by atoms with Gasteiger partial charge in [-0.25, -0.2) is 4.98 Å². The van der Waals surface area contributed by atoms with Gasteiger partial charge in [0.1, 0.15) is 5.15 Å². The molecule has 1 unspecified atom stereocenters. The molecule has 0 aliphatic carbocycles. The van der Waals surface area contributed by atoms with E-state index in [9.17, 15) is 9.59 Å². The van der Waals surface area contributed by atoms with Gasteiger partial charge in [0.15, 0.2) is 0 Å². The number of carbonyl (C=O) groups excluding carboxylic acids is 1. The average molecular weight is 390 g/mol. The van der Waals surface area contributed by atoms with E-state index in [1.165, 1.54) is 23.6 Å². The number of rotatable bonds is 5. The molecule has 0 aliphatic heterocycles. The first-order valence-corrected chi connectivity index (χ1v) is 7.89. The van der Waals surface area contributed by atoms with E-state index >= 15 is 0 Å². The molecule has 5 nitrogen and oxygen atoms in total. The highest BCUT2D eigenvalue weighted by atomic mass is 79.9. The number of nitrogens with zero attached hydrogens (tertiary/aromatic N) is 1. The SMILES string of the molecule is O=C(O)CC(NC(=O)c1cc(Br)cnc1Cl)c1cccs1. The van der Waals surface area contributed by atoms with Gasteiger partial charge in [-0.05, 0) is 33.4 Å². The summed E-state index contributed by atoms with van der Waals surface area (Å²) in [6.45, 7) is 0. The van der Waals surface area contributed by atoms with Gasteiger partial charge >= 0.3 is 5.97 Å². The van der Waals surface area contributed by atoms with Crippen molar-refractivity contribution >= 4 is 50.7 Å². The van der Waals surface area contributed by atoms with Gasteiger partial charge in [-0.3, -0.25) is 9.59 Å². The van der Waals surface area contributed by atoms with E-state index in [0.717, 1.165) is 4.88 Å². The molecule has 2 rings (SSSR count). The molecule has 0 fully saturated rings. The number of aromatic nitrogens is 1. The number of thiophene rings is 1. The van der Waals surface area contributed by atoms with Gasteiger partial charge in [-0.2, -0.15) is 0 Å². The van der Waals surface area contributed by atoms with E-state index in [1.54, 1.807) is 12.1 Å². The minimum Gasteiger partial charge on any atom is -0.481 e. The molecule has 0 bridgehead atoms. The zero-order valence-corrected chi connectivity index (χ0v) is 13.7. The number of pyridine rings is 1. The quantitative estimate of drug-likeness (QED) is 0.767. The standard InChI is InChI=1S/C13H10BrClN2O3S/c14-7-4-8(12(15)16-6-7)13(20)17-9(5-11(18)19)10-2-1-3-21-10/h1-4,6,9H,5H2,(H,17,20)(H,18,19). The topological polar surface area (TPSA) is 79.3 Å². The predicted octanol–water partition coefficient (Wildman–Crippen LogP) is 3.50. The Morgan fingerprint density at radius 1 is 1.52 bits per heavy atom. The zero-order chi connectivity index (χ0) is 15.4. The molecule has 2 N–H and O–H groups in total. The number of carboxylic acids is 1. The summed E-state index contributed by atoms with van der Waals surface area (Å²) in [4.78, 5) is 27.9. The van der Waals surface area contributed by atoms with Crippen LogP contribution < -0.4 is 5.32 Å². The van der Waals surface area contributed by atoms with Crippen molar-refractivity contribution in [2.45, 2.75) is 12.5 Å². The Bertz CT molecular complexity index is 663. The summed E-state index contributed by atoms with van der Waals surface area (Å²) in [7, 11) is 0. The van der Waals surface area contributed by atoms with Crippen LogP contribution in [0.5, 0.6) is 0 Å². The summed E-state index contributed by atoms with van der Waals surface area (Å²) in [6, 6.07) is 4.51. The smallest absolute Gasteiger partial charge is 0.305 e. The van der Waals surface area contributed by atoms with Crippen molar-refractivity contribution in [2.75, 3.05) is 0 Å². The minimum absolute atomic E-state index is 0.0657. The maximum atomic E-state index is 12.3. The Balaban J connectivity index is 2.22. The van der Waals surface area contributed by atoms with Crippen molar-refractivity contribution < 1.29 is 14.7 Å². The summed E-state index contributed by atoms with van der Waals surface area (Å²) in [6.07, 6.45) is 1.28. The second-order valence-electron chi connectivity index (χ2n) is 4.13. The fourth-order valence-electron chi connectivity index (χ4n) is 1.70. The minimum atomic E-state index is -0.993. The molecule has 110 valence electrons. The van der Waals surface area contributed by atoms with E-state index in [0.29, 0.717) is 4.47 Å². The van der Waals surface area contributed by atoms with Gasteiger partial charge in [-0.1, -0.05) is 17.7 Å². The van der Waals surface area contributed by atoms with Crippen molar-refractivity contribution in [3.63, 3.8) is 0 Å². The summed E-state index contributed by atoms with van der Waals surface area (Å²) < 4.78 is 0.614. The lowest BCUT2D eigenvalue weighted by Crippen LogP contribution is -2.30. The molecule has 0 aliphatic rings. The molecule has 1 atom stereocenters. The Hall–Kier alpha value is -1.44. The van der Waals surface area contributed by atoms with Crippen LogP contribution in [0, 0.1) is 0 Å². The Morgan fingerprint density at radius 3 is 2.90 bits per heavy atom. The maximum Gasteiger partial charge on any atom is 0.305 e. The number of hydrogen-bond donors (Lipinski definition) is 2. The van der Waals surface area contributed by atoms with Gasteiger partial charge in [0.25, 0.3) is 5.91 Å². The summed E-state index contributed by atoms with van der Waals surface area (Å²) >= 11 is 10.5. The lowest BCUT2D eigenvalue weighted by atomic mass is 10.1. The average Bonchev–Trinajstić information content (AvgIpc) is 2.94. The molecule has 0 radical (unpaired) electrons. The Kier molecular flexibility index (Phi) is 5.33. The number of carboxylic acid groups (broad SMARTS) is 1. The van der Waals surface area contributed by atoms with E-state index in [2.05, 4.69) is 26.2 Å². The van der Waals surface area contributed by atoms with E-state index in [4.69, 9.17) is 16.7 Å². The lowest BCUT2D eigenvalue weighted by molar-refractivity contribution is -0.137. The van der Waals surface area contributed by atoms with Crippen LogP contribution in [0.2, 0.25) is 5.15 Å².